The Labute approximate surface area is 149 Å². The second-order valence-electron chi connectivity index (χ2n) is 6.42. The lowest BCUT2D eigenvalue weighted by Crippen LogP contribution is -2.34. The van der Waals surface area contributed by atoms with E-state index >= 15 is 0 Å². The number of ether oxygens (including phenoxy) is 2. The fraction of sp³-hybridized carbons (Fsp3) is 0.381. The average Bonchev–Trinajstić information content (AvgIpc) is 2.64. The van der Waals surface area contributed by atoms with Gasteiger partial charge in [0, 0.05) is 19.8 Å². The van der Waals surface area contributed by atoms with Crippen molar-refractivity contribution in [3.8, 4) is 0 Å². The highest BCUT2D eigenvalue weighted by molar-refractivity contribution is 5.96. The summed E-state index contributed by atoms with van der Waals surface area (Å²) in [5, 5.41) is 2.92. The molecule has 4 aliphatic carbocycles. The number of benzene rings is 2. The van der Waals surface area contributed by atoms with Crippen molar-refractivity contribution in [2.75, 3.05) is 20.8 Å². The summed E-state index contributed by atoms with van der Waals surface area (Å²) in [6.07, 6.45) is 3.26. The van der Waals surface area contributed by atoms with Gasteiger partial charge in [-0.25, -0.2) is 0 Å². The molecule has 4 bridgehead atoms. The van der Waals surface area contributed by atoms with Crippen molar-refractivity contribution in [1.82, 2.24) is 5.32 Å². The van der Waals surface area contributed by atoms with Crippen LogP contribution in [-0.2, 0) is 35.2 Å². The van der Waals surface area contributed by atoms with Crippen molar-refractivity contribution in [1.29, 1.82) is 0 Å². The summed E-state index contributed by atoms with van der Waals surface area (Å²) in [6, 6.07) is 15.1. The van der Waals surface area contributed by atoms with Gasteiger partial charge in [-0.15, -0.1) is 0 Å². The van der Waals surface area contributed by atoms with Crippen LogP contribution in [0.4, 0.5) is 0 Å². The van der Waals surface area contributed by atoms with Crippen LogP contribution in [0.15, 0.2) is 42.5 Å². The fourth-order valence-electron chi connectivity index (χ4n) is 3.18. The highest BCUT2D eigenvalue weighted by Gasteiger charge is 2.15. The van der Waals surface area contributed by atoms with Gasteiger partial charge in [0.05, 0.1) is 6.54 Å². The highest BCUT2D eigenvalue weighted by atomic mass is 16.7. The van der Waals surface area contributed by atoms with Crippen molar-refractivity contribution in [2.24, 2.45) is 0 Å². The van der Waals surface area contributed by atoms with Crippen LogP contribution >= 0.6 is 0 Å². The van der Waals surface area contributed by atoms with Crippen LogP contribution in [0.1, 0.15) is 32.6 Å². The smallest absolute Gasteiger partial charge is 0.251 e. The summed E-state index contributed by atoms with van der Waals surface area (Å²) >= 11 is 0. The number of nitrogens with one attached hydrogen (secondary N) is 1. The van der Waals surface area contributed by atoms with Crippen molar-refractivity contribution in [2.45, 2.75) is 32.0 Å². The Morgan fingerprint density at radius 1 is 0.920 bits per heavy atom. The molecule has 0 spiro atoms. The minimum absolute atomic E-state index is 0.0677. The van der Waals surface area contributed by atoms with E-state index in [1.807, 2.05) is 6.07 Å². The van der Waals surface area contributed by atoms with E-state index in [1.165, 1.54) is 16.7 Å². The molecular formula is C21H25NO3. The number of methoxy groups -OCH3 is 2. The molecule has 4 nitrogen and oxygen atoms in total. The second kappa shape index (κ2) is 8.28. The molecule has 6 rings (SSSR count). The van der Waals surface area contributed by atoms with E-state index in [0.717, 1.165) is 36.8 Å². The zero-order chi connectivity index (χ0) is 17.6. The van der Waals surface area contributed by atoms with Gasteiger partial charge in [-0.1, -0.05) is 36.4 Å². The maximum absolute atomic E-state index is 12.7. The molecule has 0 fully saturated rings. The van der Waals surface area contributed by atoms with Gasteiger partial charge in [0.2, 0.25) is 0 Å². The third kappa shape index (κ3) is 4.47. The number of amides is 1. The maximum atomic E-state index is 12.7. The Bertz CT molecular complexity index is 720. The molecule has 1 amide bonds. The van der Waals surface area contributed by atoms with Gasteiger partial charge in [-0.2, -0.15) is 0 Å². The van der Waals surface area contributed by atoms with Gasteiger partial charge in [0.15, 0.2) is 6.29 Å². The number of aryl methyl sites for hydroxylation is 4. The fourth-order valence-corrected chi connectivity index (χ4v) is 3.18. The molecule has 0 unspecified atom stereocenters. The molecule has 1 N–H and O–H groups in total. The van der Waals surface area contributed by atoms with E-state index in [2.05, 4.69) is 41.7 Å². The first-order chi connectivity index (χ1) is 12.2. The van der Waals surface area contributed by atoms with E-state index in [1.54, 1.807) is 14.2 Å². The third-order valence-corrected chi connectivity index (χ3v) is 4.78. The van der Waals surface area contributed by atoms with Crippen molar-refractivity contribution in [3.05, 3.63) is 70.3 Å². The van der Waals surface area contributed by atoms with Gasteiger partial charge in [0.25, 0.3) is 5.91 Å². The first kappa shape index (κ1) is 17.6. The first-order valence-corrected chi connectivity index (χ1v) is 8.73. The maximum Gasteiger partial charge on any atom is 0.251 e. The SMILES string of the molecule is COC(CNC(=O)c1cc2ccc1CCc1ccc(cc1)CC2)OC. The Morgan fingerprint density at radius 3 is 2.12 bits per heavy atom. The largest absolute Gasteiger partial charge is 0.354 e. The van der Waals surface area contributed by atoms with Crippen LogP contribution in [0.2, 0.25) is 0 Å². The van der Waals surface area contributed by atoms with Gasteiger partial charge in [0.1, 0.15) is 0 Å². The Balaban J connectivity index is 1.81. The second-order valence-corrected chi connectivity index (χ2v) is 6.42. The molecule has 0 atom stereocenters. The highest BCUT2D eigenvalue weighted by Crippen LogP contribution is 2.19. The molecular weight excluding hydrogens is 314 g/mol. The van der Waals surface area contributed by atoms with Crippen LogP contribution in [0.5, 0.6) is 0 Å². The first-order valence-electron chi connectivity index (χ1n) is 8.73. The van der Waals surface area contributed by atoms with Crippen LogP contribution in [-0.4, -0.2) is 33.0 Å². The molecule has 0 aromatic heterocycles. The lowest BCUT2D eigenvalue weighted by molar-refractivity contribution is -0.0974. The molecule has 2 aromatic carbocycles. The van der Waals surface area contributed by atoms with Gasteiger partial charge in [-0.05, 0) is 54.0 Å². The van der Waals surface area contributed by atoms with Gasteiger partial charge in [-0.3, -0.25) is 4.79 Å². The normalized spacial score (nSPS) is 13.6. The van der Waals surface area contributed by atoms with Crippen LogP contribution in [0.25, 0.3) is 0 Å². The number of carbonyl (C=O) groups excluding carboxylic acids is 1. The van der Waals surface area contributed by atoms with Crippen molar-refractivity contribution < 1.29 is 14.3 Å². The molecule has 4 heteroatoms. The minimum atomic E-state index is -0.431. The lowest BCUT2D eigenvalue weighted by atomic mass is 9.93. The van der Waals surface area contributed by atoms with E-state index in [0.29, 0.717) is 6.54 Å². The lowest BCUT2D eigenvalue weighted by Gasteiger charge is -2.17. The molecule has 0 heterocycles. The molecule has 0 saturated heterocycles. The number of carbonyl (C=O) groups is 1. The Hall–Kier alpha value is -2.17. The summed E-state index contributed by atoms with van der Waals surface area (Å²) in [6.45, 7) is 0.330. The van der Waals surface area contributed by atoms with Crippen molar-refractivity contribution in [3.63, 3.8) is 0 Å². The molecule has 4 aliphatic rings. The molecule has 0 radical (unpaired) electrons. The zero-order valence-electron chi connectivity index (χ0n) is 14.9. The van der Waals surface area contributed by atoms with E-state index in [4.69, 9.17) is 9.47 Å². The molecule has 132 valence electrons. The zero-order valence-corrected chi connectivity index (χ0v) is 14.9. The standard InChI is InChI=1S/C21H25NO3/c1-24-20(25-2)14-22-21(23)19-13-17-8-7-15-3-5-16(6-4-15)9-11-18(19)12-10-17/h3-6,10,12-13,20H,7-9,11,14H2,1-2H3,(H,22,23). The predicted octanol–water partition coefficient (Wildman–Crippen LogP) is 2.92. The van der Waals surface area contributed by atoms with Gasteiger partial charge >= 0.3 is 0 Å². The van der Waals surface area contributed by atoms with Gasteiger partial charge < -0.3 is 14.8 Å². The Morgan fingerprint density at radius 2 is 1.48 bits per heavy atom. The minimum Gasteiger partial charge on any atom is -0.354 e. The molecule has 0 saturated carbocycles. The van der Waals surface area contributed by atoms with Crippen LogP contribution in [0, 0.1) is 0 Å². The summed E-state index contributed by atoms with van der Waals surface area (Å²) in [4.78, 5) is 12.7. The summed E-state index contributed by atoms with van der Waals surface area (Å²) in [5.74, 6) is -0.0677. The molecule has 0 aliphatic heterocycles. The Kier molecular flexibility index (Phi) is 5.84. The van der Waals surface area contributed by atoms with Crippen LogP contribution < -0.4 is 5.32 Å². The summed E-state index contributed by atoms with van der Waals surface area (Å²) in [7, 11) is 3.13. The van der Waals surface area contributed by atoms with Crippen LogP contribution in [0.3, 0.4) is 0 Å². The quantitative estimate of drug-likeness (QED) is 0.852. The van der Waals surface area contributed by atoms with E-state index < -0.39 is 6.29 Å². The predicted molar refractivity (Wildman–Crippen MR) is 97.8 cm³/mol. The summed E-state index contributed by atoms with van der Waals surface area (Å²) in [5.41, 5.74) is 5.67. The average molecular weight is 339 g/mol. The number of rotatable bonds is 5. The third-order valence-electron chi connectivity index (χ3n) is 4.78. The molecule has 2 aromatic rings. The summed E-state index contributed by atoms with van der Waals surface area (Å²) < 4.78 is 10.3. The topological polar surface area (TPSA) is 47.6 Å². The molecule has 25 heavy (non-hydrogen) atoms. The number of hydrogen-bond acceptors (Lipinski definition) is 3. The van der Waals surface area contributed by atoms with Crippen molar-refractivity contribution >= 4 is 5.91 Å². The van der Waals surface area contributed by atoms with E-state index in [9.17, 15) is 4.79 Å². The van der Waals surface area contributed by atoms with E-state index in [-0.39, 0.29) is 5.91 Å². The monoisotopic (exact) mass is 339 g/mol. The number of hydrogen-bond donors (Lipinski definition) is 1.